The molecule has 0 fully saturated rings. The first-order chi connectivity index (χ1) is 9.65. The number of nitrogens with two attached hydrogens (primary N) is 1. The molecule has 1 amide bonds. The van der Waals surface area contributed by atoms with Crippen LogP contribution in [0.5, 0.6) is 0 Å². The number of rotatable bonds is 2. The highest BCUT2D eigenvalue weighted by atomic mass is 32.1. The third-order valence-electron chi connectivity index (χ3n) is 3.30. The lowest BCUT2D eigenvalue weighted by Gasteiger charge is -2.27. The maximum atomic E-state index is 12.4. The van der Waals surface area contributed by atoms with E-state index in [-0.39, 0.29) is 10.9 Å². The Hall–Kier alpha value is -2.28. The fourth-order valence-electron chi connectivity index (χ4n) is 2.17. The Labute approximate surface area is 121 Å². The fraction of sp³-hybridized carbons (Fsp3) is 0.231. The van der Waals surface area contributed by atoms with Gasteiger partial charge in [0.25, 0.3) is 5.91 Å². The first kappa shape index (κ1) is 12.7. The minimum Gasteiger partial charge on any atom is -0.389 e. The SMILES string of the molecule is NC(=S)c1ccc(C(=O)N2CCn3ccnc3C2)nc1. The average Bonchev–Trinajstić information content (AvgIpc) is 2.94. The summed E-state index contributed by atoms with van der Waals surface area (Å²) in [6, 6.07) is 3.37. The molecule has 6 nitrogen and oxygen atoms in total. The summed E-state index contributed by atoms with van der Waals surface area (Å²) in [5.74, 6) is 0.790. The summed E-state index contributed by atoms with van der Waals surface area (Å²) in [4.78, 5) is 22.8. The summed E-state index contributed by atoms with van der Waals surface area (Å²) in [7, 11) is 0. The Morgan fingerprint density at radius 3 is 2.85 bits per heavy atom. The number of nitrogens with zero attached hydrogens (tertiary/aromatic N) is 4. The molecular formula is C13H13N5OS. The van der Waals surface area contributed by atoms with Gasteiger partial charge in [0.1, 0.15) is 16.5 Å². The van der Waals surface area contributed by atoms with E-state index in [4.69, 9.17) is 18.0 Å². The first-order valence-electron chi connectivity index (χ1n) is 6.20. The number of aromatic nitrogens is 3. The van der Waals surface area contributed by atoms with Crippen molar-refractivity contribution in [1.82, 2.24) is 19.4 Å². The number of imidazole rings is 1. The molecular weight excluding hydrogens is 274 g/mol. The molecule has 0 aromatic carbocycles. The zero-order valence-electron chi connectivity index (χ0n) is 10.7. The van der Waals surface area contributed by atoms with E-state index in [0.717, 1.165) is 12.4 Å². The molecule has 3 heterocycles. The number of thiocarbonyl (C=S) groups is 1. The lowest BCUT2D eigenvalue weighted by atomic mass is 10.2. The third kappa shape index (κ3) is 2.27. The van der Waals surface area contributed by atoms with E-state index in [1.165, 1.54) is 6.20 Å². The monoisotopic (exact) mass is 287 g/mol. The van der Waals surface area contributed by atoms with Gasteiger partial charge in [0.05, 0.1) is 6.54 Å². The van der Waals surface area contributed by atoms with Crippen LogP contribution < -0.4 is 5.73 Å². The molecule has 0 saturated carbocycles. The Morgan fingerprint density at radius 1 is 1.30 bits per heavy atom. The van der Waals surface area contributed by atoms with E-state index in [1.807, 2.05) is 10.8 Å². The zero-order valence-corrected chi connectivity index (χ0v) is 11.5. The van der Waals surface area contributed by atoms with Crippen molar-refractivity contribution in [3.05, 3.63) is 47.8 Å². The number of carbonyl (C=O) groups is 1. The van der Waals surface area contributed by atoms with Gasteiger partial charge in [0, 0.05) is 37.2 Å². The van der Waals surface area contributed by atoms with Gasteiger partial charge in [0.2, 0.25) is 0 Å². The molecule has 102 valence electrons. The largest absolute Gasteiger partial charge is 0.389 e. The van der Waals surface area contributed by atoms with E-state index in [1.54, 1.807) is 23.2 Å². The smallest absolute Gasteiger partial charge is 0.272 e. The van der Waals surface area contributed by atoms with E-state index < -0.39 is 0 Å². The van der Waals surface area contributed by atoms with Gasteiger partial charge in [-0.25, -0.2) is 4.98 Å². The average molecular weight is 287 g/mol. The second kappa shape index (κ2) is 5.01. The minimum atomic E-state index is -0.103. The molecule has 7 heteroatoms. The van der Waals surface area contributed by atoms with Crippen molar-refractivity contribution >= 4 is 23.1 Å². The normalized spacial score (nSPS) is 13.9. The second-order valence-electron chi connectivity index (χ2n) is 4.56. The van der Waals surface area contributed by atoms with E-state index >= 15 is 0 Å². The van der Waals surface area contributed by atoms with Crippen molar-refractivity contribution in [3.63, 3.8) is 0 Å². The predicted octanol–water partition coefficient (Wildman–Crippen LogP) is 0.568. The standard InChI is InChI=1S/C13H13N5OS/c14-12(20)9-1-2-10(16-7-9)13(19)18-6-5-17-4-3-15-11(17)8-18/h1-4,7H,5-6,8H2,(H2,14,20). The summed E-state index contributed by atoms with van der Waals surface area (Å²) in [6.07, 6.45) is 5.20. The lowest BCUT2D eigenvalue weighted by molar-refractivity contribution is 0.0701. The molecule has 20 heavy (non-hydrogen) atoms. The molecule has 2 aromatic heterocycles. The van der Waals surface area contributed by atoms with E-state index in [0.29, 0.717) is 24.3 Å². The quantitative estimate of drug-likeness (QED) is 0.817. The van der Waals surface area contributed by atoms with Crippen molar-refractivity contribution < 1.29 is 4.79 Å². The number of hydrogen-bond acceptors (Lipinski definition) is 4. The maximum absolute atomic E-state index is 12.4. The topological polar surface area (TPSA) is 77.0 Å². The highest BCUT2D eigenvalue weighted by Crippen LogP contribution is 2.13. The molecule has 0 saturated heterocycles. The molecule has 0 radical (unpaired) electrons. The summed E-state index contributed by atoms with van der Waals surface area (Å²) >= 11 is 4.86. The van der Waals surface area contributed by atoms with Crippen LogP contribution in [-0.2, 0) is 13.1 Å². The number of hydrogen-bond donors (Lipinski definition) is 1. The van der Waals surface area contributed by atoms with Gasteiger partial charge >= 0.3 is 0 Å². The van der Waals surface area contributed by atoms with Gasteiger partial charge in [-0.15, -0.1) is 0 Å². The van der Waals surface area contributed by atoms with Crippen LogP contribution in [0.3, 0.4) is 0 Å². The second-order valence-corrected chi connectivity index (χ2v) is 5.00. The summed E-state index contributed by atoms with van der Waals surface area (Å²) in [5, 5.41) is 0. The molecule has 0 unspecified atom stereocenters. The summed E-state index contributed by atoms with van der Waals surface area (Å²) < 4.78 is 2.05. The summed E-state index contributed by atoms with van der Waals surface area (Å²) in [5.41, 5.74) is 6.56. The van der Waals surface area contributed by atoms with Gasteiger partial charge < -0.3 is 15.2 Å². The van der Waals surface area contributed by atoms with Crippen molar-refractivity contribution in [2.24, 2.45) is 5.73 Å². The minimum absolute atomic E-state index is 0.103. The fourth-order valence-corrected chi connectivity index (χ4v) is 2.30. The predicted molar refractivity (Wildman–Crippen MR) is 77.1 cm³/mol. The van der Waals surface area contributed by atoms with E-state index in [9.17, 15) is 4.79 Å². The van der Waals surface area contributed by atoms with Gasteiger partial charge in [-0.2, -0.15) is 0 Å². The van der Waals surface area contributed by atoms with Crippen LogP contribution >= 0.6 is 12.2 Å². The van der Waals surface area contributed by atoms with Crippen LogP contribution in [0.1, 0.15) is 21.9 Å². The maximum Gasteiger partial charge on any atom is 0.272 e. The van der Waals surface area contributed by atoms with Gasteiger partial charge in [-0.1, -0.05) is 12.2 Å². The molecule has 0 atom stereocenters. The molecule has 0 aliphatic carbocycles. The Morgan fingerprint density at radius 2 is 2.15 bits per heavy atom. The molecule has 2 N–H and O–H groups in total. The third-order valence-corrected chi connectivity index (χ3v) is 3.53. The molecule has 0 spiro atoms. The van der Waals surface area contributed by atoms with Gasteiger partial charge in [-0.3, -0.25) is 9.78 Å². The van der Waals surface area contributed by atoms with Crippen molar-refractivity contribution in [2.45, 2.75) is 13.1 Å². The number of fused-ring (bicyclic) bond motifs is 1. The summed E-state index contributed by atoms with van der Waals surface area (Å²) in [6.45, 7) is 1.91. The molecule has 0 bridgehead atoms. The Bertz CT molecular complexity index is 664. The lowest BCUT2D eigenvalue weighted by Crippen LogP contribution is -2.38. The van der Waals surface area contributed by atoms with Gasteiger partial charge in [-0.05, 0) is 12.1 Å². The van der Waals surface area contributed by atoms with Crippen molar-refractivity contribution in [2.75, 3.05) is 6.54 Å². The van der Waals surface area contributed by atoms with Crippen molar-refractivity contribution in [3.8, 4) is 0 Å². The van der Waals surface area contributed by atoms with Crippen LogP contribution in [0.15, 0.2) is 30.7 Å². The number of carbonyl (C=O) groups excluding carboxylic acids is 1. The van der Waals surface area contributed by atoms with Crippen LogP contribution in [0.25, 0.3) is 0 Å². The van der Waals surface area contributed by atoms with Gasteiger partial charge in [0.15, 0.2) is 0 Å². The Kier molecular flexibility index (Phi) is 3.19. The van der Waals surface area contributed by atoms with Crippen molar-refractivity contribution in [1.29, 1.82) is 0 Å². The highest BCUT2D eigenvalue weighted by molar-refractivity contribution is 7.80. The zero-order chi connectivity index (χ0) is 14.1. The van der Waals surface area contributed by atoms with E-state index in [2.05, 4.69) is 9.97 Å². The Balaban J connectivity index is 1.78. The highest BCUT2D eigenvalue weighted by Gasteiger charge is 2.22. The van der Waals surface area contributed by atoms with Crippen LogP contribution in [0.4, 0.5) is 0 Å². The molecule has 2 aromatic rings. The molecule has 1 aliphatic heterocycles. The van der Waals surface area contributed by atoms with Crippen LogP contribution in [0.2, 0.25) is 0 Å². The number of pyridine rings is 1. The van der Waals surface area contributed by atoms with Crippen LogP contribution in [0, 0.1) is 0 Å². The molecule has 3 rings (SSSR count). The molecule has 1 aliphatic rings. The van der Waals surface area contributed by atoms with Crippen LogP contribution in [-0.4, -0.2) is 36.9 Å². The first-order valence-corrected chi connectivity index (χ1v) is 6.61. The number of amides is 1.